The van der Waals surface area contributed by atoms with Crippen LogP contribution in [-0.2, 0) is 0 Å². The molecule has 1 aromatic carbocycles. The molecule has 0 aromatic heterocycles. The molecule has 0 aliphatic heterocycles. The predicted octanol–water partition coefficient (Wildman–Crippen LogP) is 2.72. The molecule has 3 N–H and O–H groups in total. The first-order valence-corrected chi connectivity index (χ1v) is 7.90. The Morgan fingerprint density at radius 3 is 2.48 bits per heavy atom. The highest BCUT2D eigenvalue weighted by atomic mass is 16.5. The van der Waals surface area contributed by atoms with Gasteiger partial charge in [0.25, 0.3) is 5.91 Å². The van der Waals surface area contributed by atoms with Gasteiger partial charge in [0.15, 0.2) is 0 Å². The third-order valence-electron chi connectivity index (χ3n) is 4.40. The van der Waals surface area contributed by atoms with Crippen LogP contribution >= 0.6 is 0 Å². The van der Waals surface area contributed by atoms with Crippen LogP contribution in [0.5, 0.6) is 5.75 Å². The van der Waals surface area contributed by atoms with E-state index in [2.05, 4.69) is 5.32 Å². The highest BCUT2D eigenvalue weighted by Gasteiger charge is 2.30. The van der Waals surface area contributed by atoms with Crippen LogP contribution in [0.2, 0.25) is 0 Å². The maximum atomic E-state index is 12.2. The zero-order valence-electron chi connectivity index (χ0n) is 12.9. The van der Waals surface area contributed by atoms with Crippen molar-refractivity contribution >= 4 is 5.91 Å². The number of rotatable bonds is 6. The Hall–Kier alpha value is -1.55. The summed E-state index contributed by atoms with van der Waals surface area (Å²) < 4.78 is 5.38. The minimum Gasteiger partial charge on any atom is -0.494 e. The van der Waals surface area contributed by atoms with Gasteiger partial charge in [0.2, 0.25) is 0 Å². The first-order valence-electron chi connectivity index (χ1n) is 7.90. The van der Waals surface area contributed by atoms with E-state index in [1.165, 1.54) is 19.3 Å². The SMILES string of the molecule is CCOc1ccc(C(=O)NCC2(CN)CCCCC2)cc1. The number of nitrogens with one attached hydrogen (secondary N) is 1. The number of ether oxygens (including phenoxy) is 1. The van der Waals surface area contributed by atoms with Crippen LogP contribution < -0.4 is 15.8 Å². The van der Waals surface area contributed by atoms with Crippen molar-refractivity contribution in [3.05, 3.63) is 29.8 Å². The number of carbonyl (C=O) groups is 1. The lowest BCUT2D eigenvalue weighted by atomic mass is 9.74. The van der Waals surface area contributed by atoms with Crippen molar-refractivity contribution in [3.8, 4) is 5.75 Å². The Morgan fingerprint density at radius 2 is 1.90 bits per heavy atom. The van der Waals surface area contributed by atoms with Gasteiger partial charge in [0, 0.05) is 12.1 Å². The second-order valence-corrected chi connectivity index (χ2v) is 5.90. The molecule has 1 aliphatic rings. The molecule has 0 unspecified atom stereocenters. The molecule has 1 aliphatic carbocycles. The lowest BCUT2D eigenvalue weighted by Crippen LogP contribution is -2.43. The normalized spacial score (nSPS) is 17.2. The molecular formula is C17H26N2O2. The molecular weight excluding hydrogens is 264 g/mol. The van der Waals surface area contributed by atoms with Gasteiger partial charge in [-0.05, 0) is 56.0 Å². The Kier molecular flexibility index (Phi) is 5.62. The van der Waals surface area contributed by atoms with Crippen LogP contribution in [0.1, 0.15) is 49.4 Å². The van der Waals surface area contributed by atoms with Crippen LogP contribution in [0.4, 0.5) is 0 Å². The van der Waals surface area contributed by atoms with Gasteiger partial charge in [-0.3, -0.25) is 4.79 Å². The Bertz CT molecular complexity index is 450. The smallest absolute Gasteiger partial charge is 0.251 e. The van der Waals surface area contributed by atoms with E-state index in [1.54, 1.807) is 12.1 Å². The summed E-state index contributed by atoms with van der Waals surface area (Å²) in [5.74, 6) is 0.760. The van der Waals surface area contributed by atoms with Crippen LogP contribution in [-0.4, -0.2) is 25.6 Å². The molecule has 116 valence electrons. The van der Waals surface area contributed by atoms with E-state index in [0.717, 1.165) is 18.6 Å². The van der Waals surface area contributed by atoms with Gasteiger partial charge < -0.3 is 15.8 Å². The van der Waals surface area contributed by atoms with Crippen molar-refractivity contribution < 1.29 is 9.53 Å². The fourth-order valence-electron chi connectivity index (χ4n) is 2.99. The molecule has 0 atom stereocenters. The van der Waals surface area contributed by atoms with Gasteiger partial charge in [-0.25, -0.2) is 0 Å². The van der Waals surface area contributed by atoms with Crippen LogP contribution in [0.15, 0.2) is 24.3 Å². The van der Waals surface area contributed by atoms with Gasteiger partial charge >= 0.3 is 0 Å². The average molecular weight is 290 g/mol. The fourth-order valence-corrected chi connectivity index (χ4v) is 2.99. The highest BCUT2D eigenvalue weighted by Crippen LogP contribution is 2.34. The van der Waals surface area contributed by atoms with Gasteiger partial charge in [-0.2, -0.15) is 0 Å². The van der Waals surface area contributed by atoms with Crippen molar-refractivity contribution in [2.75, 3.05) is 19.7 Å². The van der Waals surface area contributed by atoms with Gasteiger partial charge in [0.1, 0.15) is 5.75 Å². The largest absolute Gasteiger partial charge is 0.494 e. The molecule has 1 aromatic rings. The molecule has 1 saturated carbocycles. The quantitative estimate of drug-likeness (QED) is 0.846. The van der Waals surface area contributed by atoms with Gasteiger partial charge in [-0.1, -0.05) is 19.3 Å². The summed E-state index contributed by atoms with van der Waals surface area (Å²) in [7, 11) is 0. The second-order valence-electron chi connectivity index (χ2n) is 5.90. The molecule has 0 bridgehead atoms. The van der Waals surface area contributed by atoms with Gasteiger partial charge in [0.05, 0.1) is 6.61 Å². The molecule has 1 amide bonds. The first kappa shape index (κ1) is 15.8. The minimum atomic E-state index is -0.0311. The van der Waals surface area contributed by atoms with Crippen molar-refractivity contribution in [2.24, 2.45) is 11.1 Å². The Labute approximate surface area is 127 Å². The highest BCUT2D eigenvalue weighted by molar-refractivity contribution is 5.94. The first-order chi connectivity index (χ1) is 10.2. The maximum Gasteiger partial charge on any atom is 0.251 e. The number of hydrogen-bond donors (Lipinski definition) is 2. The molecule has 0 spiro atoms. The zero-order chi connectivity index (χ0) is 15.1. The molecule has 4 heteroatoms. The van der Waals surface area contributed by atoms with E-state index in [1.807, 2.05) is 19.1 Å². The minimum absolute atomic E-state index is 0.0311. The maximum absolute atomic E-state index is 12.2. The van der Waals surface area contributed by atoms with E-state index in [4.69, 9.17) is 10.5 Å². The summed E-state index contributed by atoms with van der Waals surface area (Å²) in [5, 5.41) is 3.05. The van der Waals surface area contributed by atoms with E-state index in [0.29, 0.717) is 25.3 Å². The van der Waals surface area contributed by atoms with Crippen LogP contribution in [0.3, 0.4) is 0 Å². The van der Waals surface area contributed by atoms with Crippen molar-refractivity contribution in [1.29, 1.82) is 0 Å². The predicted molar refractivity (Wildman–Crippen MR) is 84.5 cm³/mol. The molecule has 21 heavy (non-hydrogen) atoms. The lowest BCUT2D eigenvalue weighted by molar-refractivity contribution is 0.0914. The number of nitrogens with two attached hydrogens (primary N) is 1. The van der Waals surface area contributed by atoms with Crippen molar-refractivity contribution in [2.45, 2.75) is 39.0 Å². The van der Waals surface area contributed by atoms with Crippen LogP contribution in [0.25, 0.3) is 0 Å². The van der Waals surface area contributed by atoms with E-state index in [-0.39, 0.29) is 11.3 Å². The summed E-state index contributed by atoms with van der Waals surface area (Å²) >= 11 is 0. The molecule has 4 nitrogen and oxygen atoms in total. The summed E-state index contributed by atoms with van der Waals surface area (Å²) in [5.41, 5.74) is 6.71. The molecule has 0 heterocycles. The summed E-state index contributed by atoms with van der Waals surface area (Å²) in [4.78, 5) is 12.2. The molecule has 1 fully saturated rings. The number of benzene rings is 1. The number of hydrogen-bond acceptors (Lipinski definition) is 3. The fraction of sp³-hybridized carbons (Fsp3) is 0.588. The van der Waals surface area contributed by atoms with E-state index in [9.17, 15) is 4.79 Å². The summed E-state index contributed by atoms with van der Waals surface area (Å²) in [6.07, 6.45) is 5.96. The third kappa shape index (κ3) is 4.21. The second kappa shape index (κ2) is 7.46. The standard InChI is InChI=1S/C17H26N2O2/c1-2-21-15-8-6-14(7-9-15)16(20)19-13-17(12-18)10-4-3-5-11-17/h6-9H,2-5,10-13,18H2,1H3,(H,19,20). The lowest BCUT2D eigenvalue weighted by Gasteiger charge is -2.36. The number of amides is 1. The number of carbonyl (C=O) groups excluding carboxylic acids is 1. The summed E-state index contributed by atoms with van der Waals surface area (Å²) in [6, 6.07) is 7.27. The van der Waals surface area contributed by atoms with Crippen molar-refractivity contribution in [1.82, 2.24) is 5.32 Å². The Balaban J connectivity index is 1.91. The van der Waals surface area contributed by atoms with Crippen molar-refractivity contribution in [3.63, 3.8) is 0 Å². The molecule has 2 rings (SSSR count). The summed E-state index contributed by atoms with van der Waals surface area (Å²) in [6.45, 7) is 3.90. The van der Waals surface area contributed by atoms with E-state index < -0.39 is 0 Å². The Morgan fingerprint density at radius 1 is 1.24 bits per heavy atom. The molecule has 0 radical (unpaired) electrons. The van der Waals surface area contributed by atoms with Crippen LogP contribution in [0, 0.1) is 5.41 Å². The average Bonchev–Trinajstić information content (AvgIpc) is 2.54. The van der Waals surface area contributed by atoms with Gasteiger partial charge in [-0.15, -0.1) is 0 Å². The molecule has 0 saturated heterocycles. The zero-order valence-corrected chi connectivity index (χ0v) is 12.9. The third-order valence-corrected chi connectivity index (χ3v) is 4.40. The van der Waals surface area contributed by atoms with E-state index >= 15 is 0 Å². The topological polar surface area (TPSA) is 64.3 Å². The monoisotopic (exact) mass is 290 g/mol.